The number of amides is 1. The van der Waals surface area contributed by atoms with Crippen LogP contribution in [0.3, 0.4) is 0 Å². The highest BCUT2D eigenvalue weighted by molar-refractivity contribution is 8.35. The number of thiocarbonyl (C=S) groups is 1. The van der Waals surface area contributed by atoms with Crippen LogP contribution in [0.1, 0.15) is 6.92 Å². The highest BCUT2D eigenvalue weighted by Gasteiger charge is 2.33. The SMILES string of the molecule is CCN1C(=O)C(=Nc2cnc(-c3cc4c(s3)c3sc5ccccc5c3n4C)c3nsnc23)SC1=S. The lowest BCUT2D eigenvalue weighted by Gasteiger charge is -2.09. The van der Waals surface area contributed by atoms with Crippen LogP contribution >= 0.6 is 58.4 Å². The summed E-state index contributed by atoms with van der Waals surface area (Å²) < 4.78 is 15.7. The number of hydrogen-bond donors (Lipinski definition) is 0. The summed E-state index contributed by atoms with van der Waals surface area (Å²) in [4.78, 5) is 24.5. The van der Waals surface area contributed by atoms with Crippen molar-refractivity contribution in [1.29, 1.82) is 0 Å². The summed E-state index contributed by atoms with van der Waals surface area (Å²) in [6, 6.07) is 10.7. The number of fused-ring (bicyclic) bond motifs is 6. The molecule has 1 amide bonds. The van der Waals surface area contributed by atoms with E-state index in [-0.39, 0.29) is 5.91 Å². The number of aliphatic imine (C=N–C) groups is 1. The van der Waals surface area contributed by atoms with Crippen molar-refractivity contribution in [2.75, 3.05) is 6.54 Å². The van der Waals surface area contributed by atoms with Crippen molar-refractivity contribution >= 4 is 121 Å². The first-order chi connectivity index (χ1) is 17.0. The average Bonchev–Trinajstić information content (AvgIpc) is 3.65. The van der Waals surface area contributed by atoms with Gasteiger partial charge in [0.15, 0.2) is 5.04 Å². The second kappa shape index (κ2) is 7.87. The van der Waals surface area contributed by atoms with Crippen LogP contribution in [0.15, 0.2) is 41.5 Å². The van der Waals surface area contributed by atoms with Gasteiger partial charge in [0.1, 0.15) is 26.7 Å². The van der Waals surface area contributed by atoms with E-state index in [2.05, 4.69) is 55.7 Å². The third kappa shape index (κ3) is 3.07. The van der Waals surface area contributed by atoms with Crippen LogP contribution < -0.4 is 0 Å². The van der Waals surface area contributed by atoms with Crippen LogP contribution in [0, 0.1) is 0 Å². The monoisotopic (exact) mass is 550 g/mol. The molecule has 6 heterocycles. The van der Waals surface area contributed by atoms with Crippen molar-refractivity contribution in [1.82, 2.24) is 23.2 Å². The number of nitrogens with zero attached hydrogens (tertiary/aromatic N) is 6. The van der Waals surface area contributed by atoms with Crippen LogP contribution in [0.2, 0.25) is 0 Å². The van der Waals surface area contributed by atoms with Gasteiger partial charge in [-0.25, -0.2) is 4.99 Å². The molecule has 1 fully saturated rings. The fourth-order valence-electron chi connectivity index (χ4n) is 4.40. The standard InChI is InChI=1S/C23H14N6OS5/c1-3-29-22(30)21(34-23(29)31)25-11-9-24-16(17-15(11)26-35-27-17)14-8-12-19(33-14)20-18(28(12)2)10-6-4-5-7-13(10)32-20/h4-9H,3H2,1-2H3. The first kappa shape index (κ1) is 21.5. The van der Waals surface area contributed by atoms with E-state index in [1.165, 1.54) is 42.3 Å². The predicted octanol–water partition coefficient (Wildman–Crippen LogP) is 6.58. The van der Waals surface area contributed by atoms with Crippen LogP contribution in [0.25, 0.3) is 52.1 Å². The Morgan fingerprint density at radius 1 is 1.11 bits per heavy atom. The normalized spacial score (nSPS) is 15.8. The molecule has 0 aliphatic carbocycles. The van der Waals surface area contributed by atoms with E-state index in [9.17, 15) is 4.79 Å². The number of rotatable bonds is 3. The van der Waals surface area contributed by atoms with Crippen molar-refractivity contribution < 1.29 is 4.79 Å². The Kier molecular flexibility index (Phi) is 4.83. The number of benzene rings is 1. The van der Waals surface area contributed by atoms with Crippen molar-refractivity contribution in [3.8, 4) is 10.6 Å². The first-order valence-corrected chi connectivity index (χ1v) is 14.3. The minimum Gasteiger partial charge on any atom is -0.342 e. The Bertz CT molecular complexity index is 1890. The summed E-state index contributed by atoms with van der Waals surface area (Å²) >= 11 is 11.2. The third-order valence-corrected chi connectivity index (χ3v) is 10.4. The zero-order valence-electron chi connectivity index (χ0n) is 18.3. The number of carbonyl (C=O) groups is 1. The van der Waals surface area contributed by atoms with Crippen molar-refractivity contribution in [3.63, 3.8) is 0 Å². The molecule has 7 nitrogen and oxygen atoms in total. The molecule has 1 aromatic carbocycles. The molecule has 7 rings (SSSR count). The van der Waals surface area contributed by atoms with Gasteiger partial charge >= 0.3 is 0 Å². The topological polar surface area (TPSA) is 76.3 Å². The van der Waals surface area contributed by atoms with E-state index in [4.69, 9.17) is 17.2 Å². The summed E-state index contributed by atoms with van der Waals surface area (Å²) in [5.41, 5.74) is 5.11. The van der Waals surface area contributed by atoms with Crippen LogP contribution in [0.5, 0.6) is 0 Å². The van der Waals surface area contributed by atoms with Gasteiger partial charge in [0, 0.05) is 23.7 Å². The zero-order chi connectivity index (χ0) is 23.8. The van der Waals surface area contributed by atoms with E-state index in [1.54, 1.807) is 22.4 Å². The summed E-state index contributed by atoms with van der Waals surface area (Å²) in [6.45, 7) is 2.41. The molecule has 1 aliphatic heterocycles. The second-order valence-electron chi connectivity index (χ2n) is 7.95. The Morgan fingerprint density at radius 2 is 1.94 bits per heavy atom. The van der Waals surface area contributed by atoms with Crippen LogP contribution in [-0.2, 0) is 11.8 Å². The number of aromatic nitrogens is 4. The van der Waals surface area contributed by atoms with Gasteiger partial charge in [0.25, 0.3) is 5.91 Å². The zero-order valence-corrected chi connectivity index (χ0v) is 22.4. The minimum absolute atomic E-state index is 0.181. The highest BCUT2D eigenvalue weighted by atomic mass is 32.2. The molecular weight excluding hydrogens is 537 g/mol. The average molecular weight is 551 g/mol. The second-order valence-corrected chi connectivity index (χ2v) is 12.2. The number of hydrogen-bond acceptors (Lipinski definition) is 10. The Hall–Kier alpha value is -2.77. The van der Waals surface area contributed by atoms with Gasteiger partial charge in [-0.2, -0.15) is 8.75 Å². The van der Waals surface area contributed by atoms with E-state index in [0.29, 0.717) is 32.6 Å². The molecule has 6 aromatic rings. The maximum atomic E-state index is 12.6. The smallest absolute Gasteiger partial charge is 0.284 e. The lowest BCUT2D eigenvalue weighted by atomic mass is 10.2. The van der Waals surface area contributed by atoms with Crippen molar-refractivity contribution in [3.05, 3.63) is 36.5 Å². The molecular formula is C23H14N6OS5. The Labute approximate surface area is 220 Å². The van der Waals surface area contributed by atoms with Crippen LogP contribution in [0.4, 0.5) is 5.69 Å². The molecule has 0 N–H and O–H groups in total. The molecule has 172 valence electrons. The Balaban J connectivity index is 1.37. The number of aryl methyl sites for hydroxylation is 1. The number of thioether (sulfide) groups is 1. The molecule has 0 spiro atoms. The molecule has 0 radical (unpaired) electrons. The van der Waals surface area contributed by atoms with E-state index < -0.39 is 0 Å². The molecule has 0 bridgehead atoms. The third-order valence-electron chi connectivity index (χ3n) is 6.06. The van der Waals surface area contributed by atoms with E-state index >= 15 is 0 Å². The van der Waals surface area contributed by atoms with Gasteiger partial charge in [-0.15, -0.1) is 22.7 Å². The number of thiophene rings is 2. The molecule has 35 heavy (non-hydrogen) atoms. The Morgan fingerprint density at radius 3 is 2.77 bits per heavy atom. The molecule has 0 unspecified atom stereocenters. The maximum Gasteiger partial charge on any atom is 0.284 e. The fraction of sp³-hybridized carbons (Fsp3) is 0.130. The number of carbonyl (C=O) groups excluding carboxylic acids is 1. The molecule has 1 aliphatic rings. The van der Waals surface area contributed by atoms with Gasteiger partial charge in [-0.05, 0) is 30.8 Å². The van der Waals surface area contributed by atoms with Crippen LogP contribution in [-0.4, -0.2) is 45.0 Å². The summed E-state index contributed by atoms with van der Waals surface area (Å²) in [5, 5.41) is 1.63. The molecule has 0 atom stereocenters. The fourth-order valence-corrected chi connectivity index (χ4v) is 8.80. The van der Waals surface area contributed by atoms with Crippen molar-refractivity contribution in [2.24, 2.45) is 12.0 Å². The van der Waals surface area contributed by atoms with E-state index in [1.807, 2.05) is 18.3 Å². The quantitative estimate of drug-likeness (QED) is 0.232. The van der Waals surface area contributed by atoms with E-state index in [0.717, 1.165) is 22.3 Å². The van der Waals surface area contributed by atoms with Crippen molar-refractivity contribution in [2.45, 2.75) is 6.92 Å². The predicted molar refractivity (Wildman–Crippen MR) is 153 cm³/mol. The summed E-state index contributed by atoms with van der Waals surface area (Å²) in [5.74, 6) is -0.181. The molecule has 1 saturated heterocycles. The first-order valence-electron chi connectivity index (χ1n) is 10.7. The molecule has 5 aromatic heterocycles. The van der Waals surface area contributed by atoms with Gasteiger partial charge in [0.05, 0.1) is 43.2 Å². The van der Waals surface area contributed by atoms with Gasteiger partial charge in [-0.1, -0.05) is 30.4 Å². The molecule has 12 heteroatoms. The highest BCUT2D eigenvalue weighted by Crippen LogP contribution is 2.46. The lowest BCUT2D eigenvalue weighted by Crippen LogP contribution is -2.29. The minimum atomic E-state index is -0.181. The van der Waals surface area contributed by atoms with Gasteiger partial charge in [0.2, 0.25) is 0 Å². The van der Waals surface area contributed by atoms with Gasteiger partial charge < -0.3 is 4.57 Å². The maximum absolute atomic E-state index is 12.6. The lowest BCUT2D eigenvalue weighted by molar-refractivity contribution is -0.119. The molecule has 0 saturated carbocycles. The summed E-state index contributed by atoms with van der Waals surface area (Å²) in [6.07, 6.45) is 1.68. The number of pyridine rings is 1. The summed E-state index contributed by atoms with van der Waals surface area (Å²) in [7, 11) is 2.12. The van der Waals surface area contributed by atoms with Gasteiger partial charge in [-0.3, -0.25) is 14.7 Å². The largest absolute Gasteiger partial charge is 0.342 e.